The Bertz CT molecular complexity index is 833. The van der Waals surface area contributed by atoms with Gasteiger partial charge in [-0.25, -0.2) is 0 Å². The number of phenolic OH excluding ortho intramolecular Hbond substituents is 2. The molecule has 0 radical (unpaired) electrons. The van der Waals surface area contributed by atoms with Gasteiger partial charge in [-0.2, -0.15) is 0 Å². The summed E-state index contributed by atoms with van der Waals surface area (Å²) in [5.41, 5.74) is 2.12. The molecule has 0 aliphatic rings. The standard InChI is InChI=1S/C25H34O4/c1-23(2,3)18-8-16(10-20(26)12-18)14-25(7,22(28)29)15-17-9-19(24(4,5)6)13-21(27)11-17/h8-13,26-27H,14-15H2,1-7H3,(H,28,29). The van der Waals surface area contributed by atoms with Crippen molar-refractivity contribution in [2.24, 2.45) is 5.41 Å². The van der Waals surface area contributed by atoms with Gasteiger partial charge in [0.2, 0.25) is 0 Å². The first kappa shape index (κ1) is 22.8. The second-order valence-corrected chi connectivity index (χ2v) is 10.5. The van der Waals surface area contributed by atoms with E-state index >= 15 is 0 Å². The van der Waals surface area contributed by atoms with E-state index in [1.807, 2.05) is 12.1 Å². The lowest BCUT2D eigenvalue weighted by atomic mass is 9.76. The van der Waals surface area contributed by atoms with Gasteiger partial charge in [-0.3, -0.25) is 4.79 Å². The molecule has 0 heterocycles. The second kappa shape index (κ2) is 7.74. The summed E-state index contributed by atoms with van der Waals surface area (Å²) in [7, 11) is 0. The third-order valence-electron chi connectivity index (χ3n) is 5.39. The van der Waals surface area contributed by atoms with Gasteiger partial charge in [-0.05, 0) is 77.1 Å². The van der Waals surface area contributed by atoms with Crippen molar-refractivity contribution in [2.75, 3.05) is 0 Å². The molecule has 4 nitrogen and oxygen atoms in total. The van der Waals surface area contributed by atoms with Crippen molar-refractivity contribution in [2.45, 2.75) is 72.1 Å². The smallest absolute Gasteiger partial charge is 0.310 e. The largest absolute Gasteiger partial charge is 0.508 e. The molecule has 0 aromatic heterocycles. The zero-order valence-corrected chi connectivity index (χ0v) is 18.6. The minimum absolute atomic E-state index is 0.146. The lowest BCUT2D eigenvalue weighted by Crippen LogP contribution is -2.32. The molecule has 0 atom stereocenters. The van der Waals surface area contributed by atoms with Gasteiger partial charge < -0.3 is 15.3 Å². The van der Waals surface area contributed by atoms with Crippen LogP contribution in [0, 0.1) is 5.41 Å². The number of aliphatic carboxylic acids is 1. The molecule has 0 saturated heterocycles. The lowest BCUT2D eigenvalue weighted by Gasteiger charge is -2.28. The summed E-state index contributed by atoms with van der Waals surface area (Å²) in [5, 5.41) is 30.4. The Morgan fingerprint density at radius 1 is 0.690 bits per heavy atom. The van der Waals surface area contributed by atoms with Crippen LogP contribution >= 0.6 is 0 Å². The van der Waals surface area contributed by atoms with Gasteiger partial charge in [0, 0.05) is 0 Å². The minimum Gasteiger partial charge on any atom is -0.508 e. The molecule has 0 aliphatic carbocycles. The monoisotopic (exact) mass is 398 g/mol. The van der Waals surface area contributed by atoms with Crippen molar-refractivity contribution in [3.63, 3.8) is 0 Å². The number of rotatable bonds is 5. The number of carboxylic acid groups (broad SMARTS) is 1. The van der Waals surface area contributed by atoms with Crippen molar-refractivity contribution < 1.29 is 20.1 Å². The summed E-state index contributed by atoms with van der Waals surface area (Å²) in [5.74, 6) is -0.612. The van der Waals surface area contributed by atoms with Crippen LogP contribution in [0.2, 0.25) is 0 Å². The van der Waals surface area contributed by atoms with E-state index in [-0.39, 0.29) is 35.2 Å². The molecule has 0 unspecified atom stereocenters. The summed E-state index contributed by atoms with van der Waals surface area (Å²) in [4.78, 5) is 12.2. The summed E-state index contributed by atoms with van der Waals surface area (Å²) in [6.45, 7) is 14.1. The van der Waals surface area contributed by atoms with Gasteiger partial charge >= 0.3 is 5.97 Å². The summed E-state index contributed by atoms with van der Waals surface area (Å²) >= 11 is 0. The SMILES string of the molecule is CC(Cc1cc(O)cc(C(C)(C)C)c1)(Cc1cc(O)cc(C(C)(C)C)c1)C(=O)O. The number of carboxylic acids is 1. The summed E-state index contributed by atoms with van der Waals surface area (Å²) < 4.78 is 0. The molecule has 3 N–H and O–H groups in total. The van der Waals surface area contributed by atoms with Crippen LogP contribution in [-0.2, 0) is 28.5 Å². The van der Waals surface area contributed by atoms with Crippen LogP contribution < -0.4 is 0 Å². The number of carbonyl (C=O) groups is 1. The first-order chi connectivity index (χ1) is 13.1. The second-order valence-electron chi connectivity index (χ2n) is 10.5. The van der Waals surface area contributed by atoms with Gasteiger partial charge in [0.05, 0.1) is 5.41 Å². The maximum absolute atomic E-state index is 12.2. The Balaban J connectivity index is 2.43. The highest BCUT2D eigenvalue weighted by Crippen LogP contribution is 2.35. The predicted molar refractivity (Wildman–Crippen MR) is 117 cm³/mol. The number of hydrogen-bond donors (Lipinski definition) is 3. The first-order valence-corrected chi connectivity index (χ1v) is 10.0. The Morgan fingerprint density at radius 2 is 1.03 bits per heavy atom. The quantitative estimate of drug-likeness (QED) is 0.615. The zero-order chi connectivity index (χ0) is 22.2. The fraction of sp³-hybridized carbons (Fsp3) is 0.480. The molecule has 2 rings (SSSR count). The van der Waals surface area contributed by atoms with Crippen LogP contribution in [0.5, 0.6) is 11.5 Å². The normalized spacial score (nSPS) is 12.8. The van der Waals surface area contributed by atoms with Crippen LogP contribution in [0.25, 0.3) is 0 Å². The molecular weight excluding hydrogens is 364 g/mol. The fourth-order valence-corrected chi connectivity index (χ4v) is 3.53. The highest BCUT2D eigenvalue weighted by atomic mass is 16.4. The number of hydrogen-bond acceptors (Lipinski definition) is 3. The maximum Gasteiger partial charge on any atom is 0.310 e. The summed E-state index contributed by atoms with van der Waals surface area (Å²) in [6, 6.07) is 10.7. The molecular formula is C25H34O4. The van der Waals surface area contributed by atoms with Crippen molar-refractivity contribution >= 4 is 5.97 Å². The highest BCUT2D eigenvalue weighted by Gasteiger charge is 2.34. The molecule has 0 saturated carbocycles. The molecule has 0 fully saturated rings. The lowest BCUT2D eigenvalue weighted by molar-refractivity contribution is -0.147. The molecule has 0 bridgehead atoms. The van der Waals surface area contributed by atoms with E-state index in [9.17, 15) is 20.1 Å². The Hall–Kier alpha value is -2.49. The average molecular weight is 399 g/mol. The van der Waals surface area contributed by atoms with E-state index in [0.29, 0.717) is 0 Å². The van der Waals surface area contributed by atoms with Crippen LogP contribution in [-0.4, -0.2) is 21.3 Å². The molecule has 29 heavy (non-hydrogen) atoms. The van der Waals surface area contributed by atoms with E-state index in [0.717, 1.165) is 22.3 Å². The van der Waals surface area contributed by atoms with Gasteiger partial charge in [-0.1, -0.05) is 53.7 Å². The van der Waals surface area contributed by atoms with Gasteiger partial charge in [0.1, 0.15) is 11.5 Å². The average Bonchev–Trinajstić information content (AvgIpc) is 2.51. The van der Waals surface area contributed by atoms with Crippen molar-refractivity contribution in [3.8, 4) is 11.5 Å². The molecule has 2 aromatic rings. The van der Waals surface area contributed by atoms with Gasteiger partial charge in [0.25, 0.3) is 0 Å². The van der Waals surface area contributed by atoms with Crippen molar-refractivity contribution in [1.82, 2.24) is 0 Å². The fourth-order valence-electron chi connectivity index (χ4n) is 3.53. The zero-order valence-electron chi connectivity index (χ0n) is 18.6. The summed E-state index contributed by atoms with van der Waals surface area (Å²) in [6.07, 6.45) is 0.556. The molecule has 2 aromatic carbocycles. The predicted octanol–water partition coefficient (Wildman–Crippen LogP) is 5.57. The van der Waals surface area contributed by atoms with Crippen molar-refractivity contribution in [3.05, 3.63) is 58.7 Å². The van der Waals surface area contributed by atoms with Crippen LogP contribution in [0.4, 0.5) is 0 Å². The topological polar surface area (TPSA) is 77.8 Å². The number of phenols is 2. The highest BCUT2D eigenvalue weighted by molar-refractivity contribution is 5.75. The molecule has 0 spiro atoms. The van der Waals surface area contributed by atoms with E-state index in [1.54, 1.807) is 31.2 Å². The Morgan fingerprint density at radius 3 is 1.31 bits per heavy atom. The van der Waals surface area contributed by atoms with E-state index in [4.69, 9.17) is 0 Å². The van der Waals surface area contributed by atoms with E-state index in [1.165, 1.54) is 0 Å². The molecule has 4 heteroatoms. The van der Waals surface area contributed by atoms with E-state index in [2.05, 4.69) is 41.5 Å². The van der Waals surface area contributed by atoms with Crippen molar-refractivity contribution in [1.29, 1.82) is 0 Å². The van der Waals surface area contributed by atoms with E-state index < -0.39 is 11.4 Å². The number of benzene rings is 2. The Labute approximate surface area is 174 Å². The molecule has 158 valence electrons. The minimum atomic E-state index is -1.08. The third-order valence-corrected chi connectivity index (χ3v) is 5.39. The maximum atomic E-state index is 12.2. The molecule has 0 amide bonds. The first-order valence-electron chi connectivity index (χ1n) is 10.0. The van der Waals surface area contributed by atoms with Gasteiger partial charge in [0.15, 0.2) is 0 Å². The Kier molecular flexibility index (Phi) is 6.08. The van der Waals surface area contributed by atoms with Crippen LogP contribution in [0.3, 0.4) is 0 Å². The van der Waals surface area contributed by atoms with Crippen LogP contribution in [0.1, 0.15) is 70.7 Å². The van der Waals surface area contributed by atoms with Crippen LogP contribution in [0.15, 0.2) is 36.4 Å². The van der Waals surface area contributed by atoms with Gasteiger partial charge in [-0.15, -0.1) is 0 Å². The third kappa shape index (κ3) is 5.75. The molecule has 0 aliphatic heterocycles. The number of aromatic hydroxyl groups is 2.